The lowest BCUT2D eigenvalue weighted by molar-refractivity contribution is 0.143. The minimum atomic E-state index is 0.0319. The third-order valence-corrected chi connectivity index (χ3v) is 4.11. The Hall–Kier alpha value is -1.38. The second-order valence-electron chi connectivity index (χ2n) is 5.40. The smallest absolute Gasteiger partial charge is 0.0503 e. The quantitative estimate of drug-likeness (QED) is 0.864. The van der Waals surface area contributed by atoms with Crippen LogP contribution in [0, 0.1) is 5.41 Å². The van der Waals surface area contributed by atoms with Crippen LogP contribution in [-0.2, 0) is 6.42 Å². The Balaban J connectivity index is 1.99. The summed E-state index contributed by atoms with van der Waals surface area (Å²) in [6.45, 7) is 2.21. The summed E-state index contributed by atoms with van der Waals surface area (Å²) in [7, 11) is 0. The zero-order chi connectivity index (χ0) is 12.4. The maximum absolute atomic E-state index is 9.71. The molecule has 0 spiro atoms. The maximum Gasteiger partial charge on any atom is 0.0503 e. The number of benzene rings is 2. The Bertz CT molecular complexity index is 538. The van der Waals surface area contributed by atoms with Gasteiger partial charge in [-0.15, -0.1) is 0 Å². The van der Waals surface area contributed by atoms with Gasteiger partial charge in [0.05, 0.1) is 6.61 Å². The highest BCUT2D eigenvalue weighted by atomic mass is 16.3. The van der Waals surface area contributed by atoms with Gasteiger partial charge in [-0.1, -0.05) is 42.5 Å². The molecule has 2 heteroatoms. The zero-order valence-electron chi connectivity index (χ0n) is 10.5. The van der Waals surface area contributed by atoms with Crippen molar-refractivity contribution >= 4 is 10.8 Å². The van der Waals surface area contributed by atoms with E-state index >= 15 is 0 Å². The maximum atomic E-state index is 9.71. The van der Waals surface area contributed by atoms with Crippen molar-refractivity contribution in [2.45, 2.75) is 12.8 Å². The molecule has 0 aliphatic carbocycles. The predicted molar refractivity (Wildman–Crippen MR) is 74.7 cm³/mol. The SMILES string of the molecule is OCC1(Cc2cccc3ccccc23)CCNC1. The Morgan fingerprint density at radius 2 is 1.94 bits per heavy atom. The van der Waals surface area contributed by atoms with Crippen LogP contribution in [0.1, 0.15) is 12.0 Å². The normalized spacial score (nSPS) is 23.6. The number of nitrogens with one attached hydrogen (secondary N) is 1. The average Bonchev–Trinajstić information content (AvgIpc) is 2.88. The molecule has 94 valence electrons. The second-order valence-corrected chi connectivity index (χ2v) is 5.40. The minimum Gasteiger partial charge on any atom is -0.396 e. The molecule has 2 nitrogen and oxygen atoms in total. The fourth-order valence-corrected chi connectivity index (χ4v) is 2.99. The average molecular weight is 241 g/mol. The first kappa shape index (κ1) is 11.7. The molecule has 1 aliphatic heterocycles. The molecule has 2 aromatic rings. The van der Waals surface area contributed by atoms with Gasteiger partial charge in [0.15, 0.2) is 0 Å². The molecule has 1 fully saturated rings. The van der Waals surface area contributed by atoms with Gasteiger partial charge in [-0.3, -0.25) is 0 Å². The largest absolute Gasteiger partial charge is 0.396 e. The van der Waals surface area contributed by atoms with Gasteiger partial charge in [0.2, 0.25) is 0 Å². The first-order valence-electron chi connectivity index (χ1n) is 6.61. The Labute approximate surface area is 108 Å². The summed E-state index contributed by atoms with van der Waals surface area (Å²) in [5.74, 6) is 0. The molecule has 1 unspecified atom stereocenters. The summed E-state index contributed by atoms with van der Waals surface area (Å²) in [4.78, 5) is 0. The Morgan fingerprint density at radius 1 is 1.11 bits per heavy atom. The number of hydrogen-bond donors (Lipinski definition) is 2. The lowest BCUT2D eigenvalue weighted by Gasteiger charge is -2.26. The van der Waals surface area contributed by atoms with Gasteiger partial charge in [-0.25, -0.2) is 0 Å². The van der Waals surface area contributed by atoms with Gasteiger partial charge < -0.3 is 10.4 Å². The topological polar surface area (TPSA) is 32.3 Å². The summed E-state index contributed by atoms with van der Waals surface area (Å²) < 4.78 is 0. The van der Waals surface area contributed by atoms with Crippen LogP contribution in [0.5, 0.6) is 0 Å². The molecular formula is C16H19NO. The lowest BCUT2D eigenvalue weighted by Crippen LogP contribution is -2.30. The standard InChI is InChI=1S/C16H19NO/c18-12-16(8-9-17-11-16)10-14-6-3-5-13-4-1-2-7-15(13)14/h1-7,17-18H,8-12H2. The van der Waals surface area contributed by atoms with Crippen LogP contribution < -0.4 is 5.32 Å². The molecule has 1 heterocycles. The third kappa shape index (κ3) is 2.02. The molecule has 0 aromatic heterocycles. The van der Waals surface area contributed by atoms with Crippen molar-refractivity contribution in [3.63, 3.8) is 0 Å². The zero-order valence-corrected chi connectivity index (χ0v) is 10.5. The molecule has 3 rings (SSSR count). The van der Waals surface area contributed by atoms with Crippen LogP contribution in [0.25, 0.3) is 10.8 Å². The summed E-state index contributed by atoms with van der Waals surface area (Å²) in [5, 5.41) is 15.7. The van der Waals surface area contributed by atoms with Crippen molar-refractivity contribution < 1.29 is 5.11 Å². The van der Waals surface area contributed by atoms with Crippen LogP contribution in [0.4, 0.5) is 0 Å². The number of rotatable bonds is 3. The molecule has 1 saturated heterocycles. The van der Waals surface area contributed by atoms with Gasteiger partial charge in [0.25, 0.3) is 0 Å². The van der Waals surface area contributed by atoms with E-state index < -0.39 is 0 Å². The van der Waals surface area contributed by atoms with E-state index in [1.54, 1.807) is 0 Å². The minimum absolute atomic E-state index is 0.0319. The first-order valence-corrected chi connectivity index (χ1v) is 6.61. The molecule has 0 radical (unpaired) electrons. The Morgan fingerprint density at radius 3 is 2.72 bits per heavy atom. The predicted octanol–water partition coefficient (Wildman–Crippen LogP) is 2.35. The van der Waals surface area contributed by atoms with E-state index in [4.69, 9.17) is 0 Å². The van der Waals surface area contributed by atoms with Gasteiger partial charge in [0.1, 0.15) is 0 Å². The van der Waals surface area contributed by atoms with Gasteiger partial charge in [0, 0.05) is 12.0 Å². The van der Waals surface area contributed by atoms with Crippen LogP contribution in [0.3, 0.4) is 0 Å². The van der Waals surface area contributed by atoms with Crippen molar-refractivity contribution in [2.24, 2.45) is 5.41 Å². The Kier molecular flexibility index (Phi) is 3.06. The van der Waals surface area contributed by atoms with Gasteiger partial charge in [-0.2, -0.15) is 0 Å². The number of aliphatic hydroxyl groups is 1. The molecule has 0 saturated carbocycles. The first-order chi connectivity index (χ1) is 8.83. The van der Waals surface area contributed by atoms with Crippen LogP contribution in [0.15, 0.2) is 42.5 Å². The van der Waals surface area contributed by atoms with Crippen LogP contribution in [0.2, 0.25) is 0 Å². The van der Waals surface area contributed by atoms with Crippen molar-refractivity contribution in [3.05, 3.63) is 48.0 Å². The molecule has 1 aliphatic rings. The van der Waals surface area contributed by atoms with E-state index in [0.29, 0.717) is 0 Å². The monoisotopic (exact) mass is 241 g/mol. The number of hydrogen-bond acceptors (Lipinski definition) is 2. The molecule has 0 amide bonds. The fraction of sp³-hybridized carbons (Fsp3) is 0.375. The van der Waals surface area contributed by atoms with E-state index in [1.165, 1.54) is 16.3 Å². The highest BCUT2D eigenvalue weighted by molar-refractivity contribution is 5.85. The molecular weight excluding hydrogens is 222 g/mol. The highest BCUT2D eigenvalue weighted by Crippen LogP contribution is 2.32. The number of aliphatic hydroxyl groups excluding tert-OH is 1. The summed E-state index contributed by atoms with van der Waals surface area (Å²) >= 11 is 0. The summed E-state index contributed by atoms with van der Waals surface area (Å²) in [6.07, 6.45) is 2.02. The van der Waals surface area contributed by atoms with Crippen molar-refractivity contribution in [3.8, 4) is 0 Å². The highest BCUT2D eigenvalue weighted by Gasteiger charge is 2.33. The lowest BCUT2D eigenvalue weighted by atomic mass is 9.80. The molecule has 0 bridgehead atoms. The summed E-state index contributed by atoms with van der Waals surface area (Å²) in [5.41, 5.74) is 1.38. The number of fused-ring (bicyclic) bond motifs is 1. The van der Waals surface area contributed by atoms with E-state index in [9.17, 15) is 5.11 Å². The van der Waals surface area contributed by atoms with E-state index in [2.05, 4.69) is 47.8 Å². The molecule has 2 N–H and O–H groups in total. The second kappa shape index (κ2) is 4.71. The summed E-state index contributed by atoms with van der Waals surface area (Å²) in [6, 6.07) is 14.9. The van der Waals surface area contributed by atoms with Crippen molar-refractivity contribution in [2.75, 3.05) is 19.7 Å². The molecule has 1 atom stereocenters. The van der Waals surface area contributed by atoms with E-state index in [1.807, 2.05) is 0 Å². The van der Waals surface area contributed by atoms with E-state index in [0.717, 1.165) is 25.9 Å². The third-order valence-electron chi connectivity index (χ3n) is 4.11. The van der Waals surface area contributed by atoms with Crippen LogP contribution in [-0.4, -0.2) is 24.8 Å². The molecule has 2 aromatic carbocycles. The van der Waals surface area contributed by atoms with Gasteiger partial charge in [-0.05, 0) is 35.7 Å². The van der Waals surface area contributed by atoms with Crippen molar-refractivity contribution in [1.29, 1.82) is 0 Å². The van der Waals surface area contributed by atoms with E-state index in [-0.39, 0.29) is 12.0 Å². The van der Waals surface area contributed by atoms with Crippen molar-refractivity contribution in [1.82, 2.24) is 5.32 Å². The van der Waals surface area contributed by atoms with Crippen LogP contribution >= 0.6 is 0 Å². The fourth-order valence-electron chi connectivity index (χ4n) is 2.99. The van der Waals surface area contributed by atoms with Gasteiger partial charge >= 0.3 is 0 Å². The molecule has 18 heavy (non-hydrogen) atoms.